The number of aromatic nitrogens is 4. The van der Waals surface area contributed by atoms with E-state index >= 15 is 0 Å². The first-order chi connectivity index (χ1) is 11.9. The van der Waals surface area contributed by atoms with Gasteiger partial charge in [0.25, 0.3) is 0 Å². The van der Waals surface area contributed by atoms with Gasteiger partial charge in [0, 0.05) is 30.4 Å². The Bertz CT molecular complexity index is 905. The van der Waals surface area contributed by atoms with Gasteiger partial charge in [-0.05, 0) is 31.0 Å². The van der Waals surface area contributed by atoms with E-state index in [0.29, 0.717) is 6.42 Å². The van der Waals surface area contributed by atoms with Crippen LogP contribution in [0, 0.1) is 18.3 Å². The first-order valence-electron chi connectivity index (χ1n) is 7.23. The standard InChI is InChI=1S/C14H13N5.C2HF3O/c1-10-11(3-2-6-15)9-19(18-10)13-5-8-17-14-12(13)4-7-16-14;3-2(4,5)1-6/h4-5,7-9H,2-3H2,1H3,(H,16,17);1H. The molecule has 0 aliphatic rings. The van der Waals surface area contributed by atoms with Crippen LogP contribution in [0.25, 0.3) is 16.7 Å². The molecule has 0 amide bonds. The number of nitrogens with one attached hydrogen (secondary N) is 1. The fourth-order valence-electron chi connectivity index (χ4n) is 2.20. The van der Waals surface area contributed by atoms with Crippen LogP contribution in [-0.2, 0) is 11.2 Å². The van der Waals surface area contributed by atoms with Gasteiger partial charge in [-0.1, -0.05) is 0 Å². The number of fused-ring (bicyclic) bond motifs is 1. The average Bonchev–Trinajstić information content (AvgIpc) is 3.19. The van der Waals surface area contributed by atoms with Crippen LogP contribution in [0.1, 0.15) is 17.7 Å². The SMILES string of the molecule is Cc1nn(-c2ccnc3[nH]ccc23)cc1CCC#N.O=CC(F)(F)F. The number of carbonyl (C=O) groups excluding carboxylic acids is 1. The number of carbonyl (C=O) groups is 1. The van der Waals surface area contributed by atoms with Crippen LogP contribution in [-0.4, -0.2) is 32.2 Å². The van der Waals surface area contributed by atoms with Gasteiger partial charge in [-0.15, -0.1) is 0 Å². The molecule has 0 radical (unpaired) electrons. The molecule has 130 valence electrons. The first kappa shape index (κ1) is 18.2. The van der Waals surface area contributed by atoms with Crippen LogP contribution in [0.5, 0.6) is 0 Å². The molecule has 0 aliphatic carbocycles. The van der Waals surface area contributed by atoms with Crippen molar-refractivity contribution >= 4 is 17.3 Å². The van der Waals surface area contributed by atoms with Gasteiger partial charge >= 0.3 is 6.18 Å². The van der Waals surface area contributed by atoms with Gasteiger partial charge in [0.15, 0.2) is 0 Å². The Morgan fingerprint density at radius 2 is 2.12 bits per heavy atom. The average molecular weight is 349 g/mol. The van der Waals surface area contributed by atoms with Crippen molar-refractivity contribution in [1.82, 2.24) is 19.7 Å². The van der Waals surface area contributed by atoms with E-state index in [1.54, 1.807) is 6.20 Å². The number of aromatic amines is 1. The molecule has 3 heterocycles. The summed E-state index contributed by atoms with van der Waals surface area (Å²) in [6.45, 7) is 1.97. The monoisotopic (exact) mass is 349 g/mol. The normalized spacial score (nSPS) is 10.8. The number of halogens is 3. The summed E-state index contributed by atoms with van der Waals surface area (Å²) >= 11 is 0. The number of rotatable bonds is 3. The molecule has 1 N–H and O–H groups in total. The Balaban J connectivity index is 0.000000326. The van der Waals surface area contributed by atoms with E-state index in [0.717, 1.165) is 34.4 Å². The van der Waals surface area contributed by atoms with Gasteiger partial charge in [-0.2, -0.15) is 23.5 Å². The smallest absolute Gasteiger partial charge is 0.346 e. The summed E-state index contributed by atoms with van der Waals surface area (Å²) in [5, 5.41) is 14.2. The summed E-state index contributed by atoms with van der Waals surface area (Å²) in [6, 6.07) is 6.10. The van der Waals surface area contributed by atoms with Crippen molar-refractivity contribution in [2.24, 2.45) is 0 Å². The van der Waals surface area contributed by atoms with Gasteiger partial charge in [0.05, 0.1) is 17.5 Å². The zero-order valence-electron chi connectivity index (χ0n) is 13.2. The number of H-pyrrole nitrogens is 1. The lowest BCUT2D eigenvalue weighted by atomic mass is 10.1. The van der Waals surface area contributed by atoms with Crippen LogP contribution < -0.4 is 0 Å². The summed E-state index contributed by atoms with van der Waals surface area (Å²) in [7, 11) is 0. The number of aryl methyl sites for hydroxylation is 2. The van der Waals surface area contributed by atoms with Crippen LogP contribution in [0.15, 0.2) is 30.7 Å². The summed E-state index contributed by atoms with van der Waals surface area (Å²) in [5.74, 6) is 0. The minimum Gasteiger partial charge on any atom is -0.346 e. The maximum Gasteiger partial charge on any atom is 0.446 e. The van der Waals surface area contributed by atoms with Gasteiger partial charge in [0.2, 0.25) is 6.29 Å². The Kier molecular flexibility index (Phi) is 5.54. The van der Waals surface area contributed by atoms with E-state index in [4.69, 9.17) is 10.1 Å². The topological polar surface area (TPSA) is 87.4 Å². The molecule has 9 heteroatoms. The number of pyridine rings is 1. The highest BCUT2D eigenvalue weighted by atomic mass is 19.4. The van der Waals surface area contributed by atoms with Crippen LogP contribution in [0.2, 0.25) is 0 Å². The fourth-order valence-corrected chi connectivity index (χ4v) is 2.20. The third kappa shape index (κ3) is 4.67. The highest BCUT2D eigenvalue weighted by Crippen LogP contribution is 2.20. The molecule has 0 unspecified atom stereocenters. The molecule has 0 atom stereocenters. The van der Waals surface area contributed by atoms with Crippen molar-refractivity contribution in [3.8, 4) is 11.8 Å². The van der Waals surface area contributed by atoms with E-state index in [-0.39, 0.29) is 0 Å². The highest BCUT2D eigenvalue weighted by Gasteiger charge is 2.24. The first-order valence-corrected chi connectivity index (χ1v) is 7.23. The molecule has 6 nitrogen and oxygen atoms in total. The molecule has 3 aromatic heterocycles. The second-order valence-corrected chi connectivity index (χ2v) is 5.07. The molecule has 3 rings (SSSR count). The van der Waals surface area contributed by atoms with Crippen LogP contribution in [0.4, 0.5) is 13.2 Å². The molecule has 0 aliphatic heterocycles. The zero-order valence-corrected chi connectivity index (χ0v) is 13.2. The molecular weight excluding hydrogens is 335 g/mol. The lowest BCUT2D eigenvalue weighted by molar-refractivity contribution is -0.156. The third-order valence-corrected chi connectivity index (χ3v) is 3.32. The third-order valence-electron chi connectivity index (χ3n) is 3.32. The fraction of sp³-hybridized carbons (Fsp3) is 0.250. The largest absolute Gasteiger partial charge is 0.446 e. The van der Waals surface area contributed by atoms with Gasteiger partial charge in [-0.3, -0.25) is 4.79 Å². The molecule has 3 aromatic rings. The number of alkyl halides is 3. The lowest BCUT2D eigenvalue weighted by Crippen LogP contribution is -2.07. The molecule has 0 fully saturated rings. The second-order valence-electron chi connectivity index (χ2n) is 5.07. The zero-order chi connectivity index (χ0) is 18.4. The summed E-state index contributed by atoms with van der Waals surface area (Å²) in [6.07, 6.45) is 1.18. The Hall–Kier alpha value is -3.15. The van der Waals surface area contributed by atoms with Gasteiger partial charge in [-0.25, -0.2) is 9.67 Å². The molecule has 0 saturated heterocycles. The van der Waals surface area contributed by atoms with E-state index in [9.17, 15) is 13.2 Å². The molecule has 25 heavy (non-hydrogen) atoms. The van der Waals surface area contributed by atoms with Crippen molar-refractivity contribution in [2.75, 3.05) is 0 Å². The van der Waals surface area contributed by atoms with E-state index in [1.807, 2.05) is 36.1 Å². The molecule has 0 spiro atoms. The highest BCUT2D eigenvalue weighted by molar-refractivity contribution is 5.84. The Morgan fingerprint density at radius 3 is 2.76 bits per heavy atom. The molecule has 0 bridgehead atoms. The molecule has 0 aromatic carbocycles. The van der Waals surface area contributed by atoms with Crippen molar-refractivity contribution in [3.05, 3.63) is 42.0 Å². The van der Waals surface area contributed by atoms with Crippen LogP contribution in [0.3, 0.4) is 0 Å². The number of hydrogen-bond donors (Lipinski definition) is 1. The maximum atomic E-state index is 10.4. The maximum absolute atomic E-state index is 10.4. The number of hydrogen-bond acceptors (Lipinski definition) is 4. The second kappa shape index (κ2) is 7.61. The molecule has 0 saturated carbocycles. The Labute approximate surface area is 140 Å². The number of nitriles is 1. The number of nitrogens with zero attached hydrogens (tertiary/aromatic N) is 4. The van der Waals surface area contributed by atoms with E-state index in [2.05, 4.69) is 21.1 Å². The van der Waals surface area contributed by atoms with E-state index < -0.39 is 12.5 Å². The summed E-state index contributed by atoms with van der Waals surface area (Å²) < 4.78 is 33.1. The van der Waals surface area contributed by atoms with E-state index in [1.165, 1.54) is 0 Å². The van der Waals surface area contributed by atoms with Crippen molar-refractivity contribution in [2.45, 2.75) is 25.9 Å². The minimum absolute atomic E-state index is 0.516. The van der Waals surface area contributed by atoms with Crippen molar-refractivity contribution in [1.29, 1.82) is 5.26 Å². The molecular formula is C16H14F3N5O. The van der Waals surface area contributed by atoms with Crippen LogP contribution >= 0.6 is 0 Å². The predicted molar refractivity (Wildman–Crippen MR) is 84.0 cm³/mol. The van der Waals surface area contributed by atoms with Crippen molar-refractivity contribution in [3.63, 3.8) is 0 Å². The lowest BCUT2D eigenvalue weighted by Gasteiger charge is -2.02. The van der Waals surface area contributed by atoms with Crippen molar-refractivity contribution < 1.29 is 18.0 Å². The summed E-state index contributed by atoms with van der Waals surface area (Å²) in [4.78, 5) is 16.1. The quantitative estimate of drug-likeness (QED) is 0.735. The minimum atomic E-state index is -4.64. The summed E-state index contributed by atoms with van der Waals surface area (Å²) in [5.41, 5.74) is 3.93. The van der Waals surface area contributed by atoms with Gasteiger partial charge in [0.1, 0.15) is 5.65 Å². The Morgan fingerprint density at radius 1 is 1.40 bits per heavy atom. The van der Waals surface area contributed by atoms with Gasteiger partial charge < -0.3 is 4.98 Å². The number of aldehydes is 1. The predicted octanol–water partition coefficient (Wildman–Crippen LogP) is 3.26.